The van der Waals surface area contributed by atoms with E-state index in [4.69, 9.17) is 4.99 Å². The Balaban J connectivity index is 1.50. The lowest BCUT2D eigenvalue weighted by molar-refractivity contribution is -0.127. The van der Waals surface area contributed by atoms with Crippen molar-refractivity contribution in [2.45, 2.75) is 25.5 Å². The molecule has 1 aliphatic rings. The van der Waals surface area contributed by atoms with Gasteiger partial charge in [-0.15, -0.1) is 0 Å². The van der Waals surface area contributed by atoms with Crippen LogP contribution in [0.3, 0.4) is 0 Å². The molecule has 0 saturated carbocycles. The van der Waals surface area contributed by atoms with Gasteiger partial charge in [-0.25, -0.2) is 4.99 Å². The molecule has 0 radical (unpaired) electrons. The molecule has 0 aliphatic carbocycles. The molecular weight excluding hydrogens is 394 g/mol. The topological polar surface area (TPSA) is 61.8 Å². The summed E-state index contributed by atoms with van der Waals surface area (Å²) < 4.78 is 0. The van der Waals surface area contributed by atoms with E-state index in [2.05, 4.69) is 5.32 Å². The summed E-state index contributed by atoms with van der Waals surface area (Å²) in [5.41, 5.74) is 3.85. The van der Waals surface area contributed by atoms with Crippen molar-refractivity contribution >= 4 is 50.9 Å². The molecule has 1 unspecified atom stereocenters. The molecular formula is C24H23N3O2S. The number of thioether (sulfide) groups is 1. The second-order valence-corrected chi connectivity index (χ2v) is 8.62. The van der Waals surface area contributed by atoms with Gasteiger partial charge in [0.1, 0.15) is 5.25 Å². The summed E-state index contributed by atoms with van der Waals surface area (Å²) in [5.74, 6) is -0.280. The number of hydrogen-bond donors (Lipinski definition) is 1. The monoisotopic (exact) mass is 417 g/mol. The highest BCUT2D eigenvalue weighted by Crippen LogP contribution is 2.33. The maximum atomic E-state index is 12.7. The number of benzene rings is 3. The molecule has 5 nitrogen and oxygen atoms in total. The maximum Gasteiger partial charge on any atom is 0.242 e. The van der Waals surface area contributed by atoms with Crippen LogP contribution in [0, 0.1) is 13.8 Å². The fourth-order valence-electron chi connectivity index (χ4n) is 3.41. The van der Waals surface area contributed by atoms with Crippen molar-refractivity contribution in [2.24, 2.45) is 4.99 Å². The van der Waals surface area contributed by atoms with Crippen LogP contribution in [0.1, 0.15) is 17.5 Å². The van der Waals surface area contributed by atoms with Crippen molar-refractivity contribution in [1.29, 1.82) is 0 Å². The minimum atomic E-state index is -0.477. The van der Waals surface area contributed by atoms with E-state index in [0.717, 1.165) is 27.7 Å². The Morgan fingerprint density at radius 1 is 1.07 bits per heavy atom. The van der Waals surface area contributed by atoms with Crippen molar-refractivity contribution < 1.29 is 9.59 Å². The van der Waals surface area contributed by atoms with E-state index in [9.17, 15) is 9.59 Å². The number of amides is 2. The van der Waals surface area contributed by atoms with Crippen LogP contribution in [0.5, 0.6) is 0 Å². The van der Waals surface area contributed by atoms with Gasteiger partial charge in [0, 0.05) is 24.5 Å². The molecule has 0 spiro atoms. The Labute approximate surface area is 180 Å². The quantitative estimate of drug-likeness (QED) is 0.646. The number of aryl methyl sites for hydroxylation is 2. The Morgan fingerprint density at radius 2 is 1.83 bits per heavy atom. The Morgan fingerprint density at radius 3 is 2.63 bits per heavy atom. The number of nitrogens with zero attached hydrogens (tertiary/aromatic N) is 2. The zero-order valence-corrected chi connectivity index (χ0v) is 18.0. The summed E-state index contributed by atoms with van der Waals surface area (Å²) in [5, 5.41) is 5.16. The number of amidine groups is 1. The van der Waals surface area contributed by atoms with Crippen molar-refractivity contribution in [1.82, 2.24) is 4.90 Å². The number of carbonyl (C=O) groups is 2. The maximum absolute atomic E-state index is 12.7. The molecule has 1 aliphatic heterocycles. The average molecular weight is 418 g/mol. The van der Waals surface area contributed by atoms with Crippen LogP contribution >= 0.6 is 11.8 Å². The lowest BCUT2D eigenvalue weighted by Crippen LogP contribution is -2.30. The van der Waals surface area contributed by atoms with E-state index in [-0.39, 0.29) is 18.2 Å². The summed E-state index contributed by atoms with van der Waals surface area (Å²) in [4.78, 5) is 31.5. The number of aliphatic imine (C=N–C) groups is 1. The molecule has 3 aromatic rings. The number of fused-ring (bicyclic) bond motifs is 1. The predicted octanol–water partition coefficient (Wildman–Crippen LogP) is 5.05. The molecule has 0 bridgehead atoms. The van der Waals surface area contributed by atoms with E-state index in [0.29, 0.717) is 5.17 Å². The third-order valence-electron chi connectivity index (χ3n) is 5.28. The van der Waals surface area contributed by atoms with Gasteiger partial charge in [0.15, 0.2) is 5.17 Å². The molecule has 1 heterocycles. The van der Waals surface area contributed by atoms with Gasteiger partial charge in [-0.05, 0) is 48.6 Å². The summed E-state index contributed by atoms with van der Waals surface area (Å²) in [7, 11) is 1.71. The number of anilines is 1. The Hall–Kier alpha value is -3.12. The first-order valence-electron chi connectivity index (χ1n) is 9.80. The van der Waals surface area contributed by atoms with Gasteiger partial charge in [0.25, 0.3) is 0 Å². The lowest BCUT2D eigenvalue weighted by atomic mass is 10.1. The minimum Gasteiger partial charge on any atom is -0.326 e. The van der Waals surface area contributed by atoms with Crippen LogP contribution in [0.15, 0.2) is 65.7 Å². The largest absolute Gasteiger partial charge is 0.326 e. The van der Waals surface area contributed by atoms with Gasteiger partial charge in [0.05, 0.1) is 5.69 Å². The summed E-state index contributed by atoms with van der Waals surface area (Å²) in [6, 6.07) is 19.7. The smallest absolute Gasteiger partial charge is 0.242 e. The summed E-state index contributed by atoms with van der Waals surface area (Å²) >= 11 is 1.34. The van der Waals surface area contributed by atoms with Gasteiger partial charge >= 0.3 is 0 Å². The molecule has 6 heteroatoms. The highest BCUT2D eigenvalue weighted by Gasteiger charge is 2.37. The molecule has 0 aromatic heterocycles. The number of nitrogens with one attached hydrogen (secondary N) is 1. The SMILES string of the molecule is Cc1ccc(NC(=O)CC2SC(=Nc3cccc4ccccc34)N(C)C2=O)cc1C. The van der Waals surface area contributed by atoms with Gasteiger partial charge in [-0.3, -0.25) is 14.5 Å². The van der Waals surface area contributed by atoms with Crippen molar-refractivity contribution in [3.8, 4) is 0 Å². The van der Waals surface area contributed by atoms with Crippen molar-refractivity contribution in [3.63, 3.8) is 0 Å². The fourth-order valence-corrected chi connectivity index (χ4v) is 4.55. The van der Waals surface area contributed by atoms with Gasteiger partial charge in [-0.1, -0.05) is 54.2 Å². The predicted molar refractivity (Wildman–Crippen MR) is 124 cm³/mol. The normalized spacial score (nSPS) is 17.7. The van der Waals surface area contributed by atoms with Crippen molar-refractivity contribution in [3.05, 3.63) is 71.8 Å². The molecule has 2 amide bonds. The number of carbonyl (C=O) groups excluding carboxylic acids is 2. The van der Waals surface area contributed by atoms with Gasteiger partial charge in [0.2, 0.25) is 11.8 Å². The van der Waals surface area contributed by atoms with E-state index < -0.39 is 5.25 Å². The fraction of sp³-hybridized carbons (Fsp3) is 0.208. The zero-order valence-electron chi connectivity index (χ0n) is 17.2. The highest BCUT2D eigenvalue weighted by molar-refractivity contribution is 8.15. The second kappa shape index (κ2) is 8.32. The van der Waals surface area contributed by atoms with E-state index in [1.807, 2.05) is 74.5 Å². The molecule has 4 rings (SSSR count). The second-order valence-electron chi connectivity index (χ2n) is 7.45. The van der Waals surface area contributed by atoms with Crippen LogP contribution in [-0.4, -0.2) is 34.2 Å². The third-order valence-corrected chi connectivity index (χ3v) is 6.51. The minimum absolute atomic E-state index is 0.103. The first kappa shape index (κ1) is 20.2. The highest BCUT2D eigenvalue weighted by atomic mass is 32.2. The standard InChI is InChI=1S/C24H23N3O2S/c1-15-11-12-18(13-16(15)2)25-22(28)14-21-23(29)27(3)24(30-21)26-20-10-6-8-17-7-4-5-9-19(17)20/h4-13,21H,14H2,1-3H3,(H,25,28). The van der Waals surface area contributed by atoms with Crippen LogP contribution in [0.25, 0.3) is 10.8 Å². The van der Waals surface area contributed by atoms with Crippen LogP contribution in [0.4, 0.5) is 11.4 Å². The molecule has 1 saturated heterocycles. The van der Waals surface area contributed by atoms with Crippen LogP contribution < -0.4 is 5.32 Å². The van der Waals surface area contributed by atoms with Gasteiger partial charge < -0.3 is 5.32 Å². The van der Waals surface area contributed by atoms with E-state index in [1.165, 1.54) is 17.3 Å². The Kier molecular flexibility index (Phi) is 5.59. The molecule has 1 fully saturated rings. The van der Waals surface area contributed by atoms with Crippen LogP contribution in [-0.2, 0) is 9.59 Å². The first-order chi connectivity index (χ1) is 14.4. The Bertz CT molecular complexity index is 1170. The average Bonchev–Trinajstić information content (AvgIpc) is 2.99. The summed E-state index contributed by atoms with van der Waals surface area (Å²) in [6.45, 7) is 4.04. The third kappa shape index (κ3) is 4.09. The van der Waals surface area contributed by atoms with Crippen molar-refractivity contribution in [2.75, 3.05) is 12.4 Å². The summed E-state index contributed by atoms with van der Waals surface area (Å²) in [6.07, 6.45) is 0.106. The van der Waals surface area contributed by atoms with E-state index >= 15 is 0 Å². The molecule has 30 heavy (non-hydrogen) atoms. The number of rotatable bonds is 4. The molecule has 1 atom stereocenters. The number of hydrogen-bond acceptors (Lipinski definition) is 4. The lowest BCUT2D eigenvalue weighted by Gasteiger charge is -2.10. The molecule has 152 valence electrons. The molecule has 1 N–H and O–H groups in total. The van der Waals surface area contributed by atoms with E-state index in [1.54, 1.807) is 11.9 Å². The zero-order chi connectivity index (χ0) is 21.3. The van der Waals surface area contributed by atoms with Gasteiger partial charge in [-0.2, -0.15) is 0 Å². The molecule has 3 aromatic carbocycles. The first-order valence-corrected chi connectivity index (χ1v) is 10.7. The van der Waals surface area contributed by atoms with Crippen LogP contribution in [0.2, 0.25) is 0 Å².